The molecule has 180 valence electrons. The monoisotopic (exact) mass is 481 g/mol. The first-order chi connectivity index (χ1) is 16.8. The Kier molecular flexibility index (Phi) is 5.76. The van der Waals surface area contributed by atoms with Gasteiger partial charge in [-0.25, -0.2) is 15.0 Å². The zero-order valence-electron chi connectivity index (χ0n) is 19.1. The van der Waals surface area contributed by atoms with Gasteiger partial charge in [-0.1, -0.05) is 18.2 Å². The normalized spacial score (nSPS) is 12.3. The van der Waals surface area contributed by atoms with Gasteiger partial charge in [0.15, 0.2) is 11.3 Å². The van der Waals surface area contributed by atoms with E-state index in [0.717, 1.165) is 12.1 Å². The molecular weight excluding hydrogens is 459 g/mol. The van der Waals surface area contributed by atoms with Crippen molar-refractivity contribution >= 4 is 33.2 Å². The van der Waals surface area contributed by atoms with Crippen molar-refractivity contribution in [2.75, 3.05) is 13.2 Å². The summed E-state index contributed by atoms with van der Waals surface area (Å²) in [6.45, 7) is 5.07. The van der Waals surface area contributed by atoms with E-state index in [1.54, 1.807) is 29.7 Å². The van der Waals surface area contributed by atoms with Crippen LogP contribution in [0.4, 0.5) is 13.2 Å². The maximum Gasteiger partial charge on any atom is 0.416 e. The molecule has 0 amide bonds. The minimum absolute atomic E-state index is 0.199. The molecule has 0 aliphatic carbocycles. The van der Waals surface area contributed by atoms with Crippen molar-refractivity contribution in [3.63, 3.8) is 0 Å². The molecule has 0 atom stereocenters. The van der Waals surface area contributed by atoms with Gasteiger partial charge in [-0.2, -0.15) is 13.2 Å². The second kappa shape index (κ2) is 8.77. The first-order valence-corrected chi connectivity index (χ1v) is 11.2. The van der Waals surface area contributed by atoms with Gasteiger partial charge < -0.3 is 4.74 Å². The largest absolute Gasteiger partial charge is 0.416 e. The quantitative estimate of drug-likeness (QED) is 0.318. The van der Waals surface area contributed by atoms with Gasteiger partial charge in [-0.3, -0.25) is 13.9 Å². The topological polar surface area (TPSA) is 74.8 Å². The van der Waals surface area contributed by atoms with Gasteiger partial charge in [-0.05, 0) is 50.6 Å². The molecule has 3 heterocycles. The maximum atomic E-state index is 13.7. The lowest BCUT2D eigenvalue weighted by Gasteiger charge is -2.12. The summed E-state index contributed by atoms with van der Waals surface area (Å²) >= 11 is 0. The van der Waals surface area contributed by atoms with E-state index >= 15 is 0 Å². The first kappa shape index (κ1) is 23.0. The predicted molar refractivity (Wildman–Crippen MR) is 127 cm³/mol. The van der Waals surface area contributed by atoms with Gasteiger partial charge in [0.25, 0.3) is 5.56 Å². The van der Waals surface area contributed by atoms with Crippen LogP contribution in [0, 0.1) is 6.92 Å². The lowest BCUT2D eigenvalue weighted by molar-refractivity contribution is -0.137. The summed E-state index contributed by atoms with van der Waals surface area (Å²) in [5.41, 5.74) is 1.00. The van der Waals surface area contributed by atoms with Gasteiger partial charge in [0.05, 0.1) is 16.6 Å². The fourth-order valence-corrected chi connectivity index (χ4v) is 4.23. The highest BCUT2D eigenvalue weighted by atomic mass is 19.4. The molecule has 0 unspecified atom stereocenters. The summed E-state index contributed by atoms with van der Waals surface area (Å²) in [4.78, 5) is 27.7. The number of fused-ring (bicyclic) bond motifs is 4. The third-order valence-corrected chi connectivity index (χ3v) is 5.86. The molecule has 0 radical (unpaired) electrons. The van der Waals surface area contributed by atoms with E-state index in [0.29, 0.717) is 48.6 Å². The zero-order chi connectivity index (χ0) is 24.7. The number of para-hydroxylation sites is 2. The molecule has 35 heavy (non-hydrogen) atoms. The SMILES string of the molecule is CCOCCCn1c(C)nc2c(c1=O)c1nc3ccccc3nc1n2-c1cccc(C(F)(F)F)c1. The van der Waals surface area contributed by atoms with E-state index in [2.05, 4.69) is 15.0 Å². The molecule has 0 aliphatic rings. The number of nitrogens with zero attached hydrogens (tertiary/aromatic N) is 5. The zero-order valence-corrected chi connectivity index (χ0v) is 19.1. The summed E-state index contributed by atoms with van der Waals surface area (Å²) in [5, 5.41) is 0.220. The number of rotatable bonds is 6. The number of benzene rings is 2. The number of aryl methyl sites for hydroxylation is 1. The summed E-state index contributed by atoms with van der Waals surface area (Å²) in [6.07, 6.45) is -3.91. The minimum atomic E-state index is -4.52. The van der Waals surface area contributed by atoms with Crippen molar-refractivity contribution < 1.29 is 17.9 Å². The van der Waals surface area contributed by atoms with E-state index in [-0.39, 0.29) is 27.9 Å². The van der Waals surface area contributed by atoms with Crippen LogP contribution in [-0.2, 0) is 17.5 Å². The highest BCUT2D eigenvalue weighted by molar-refractivity contribution is 6.05. The van der Waals surface area contributed by atoms with Crippen LogP contribution >= 0.6 is 0 Å². The molecule has 0 N–H and O–H groups in total. The minimum Gasteiger partial charge on any atom is -0.382 e. The number of ether oxygens (including phenoxy) is 1. The van der Waals surface area contributed by atoms with E-state index in [1.807, 2.05) is 13.0 Å². The molecule has 7 nitrogen and oxygen atoms in total. The van der Waals surface area contributed by atoms with E-state index in [9.17, 15) is 18.0 Å². The molecule has 0 aliphatic heterocycles. The standard InChI is InChI=1S/C25H22F3N5O2/c1-3-35-13-7-12-32-15(2)29-22-20(24(32)34)21-23(31-19-11-5-4-10-18(19)30-21)33(22)17-9-6-8-16(14-17)25(26,27)28/h4-6,8-11,14H,3,7,12-13H2,1-2H3. The summed E-state index contributed by atoms with van der Waals surface area (Å²) < 4.78 is 48.9. The van der Waals surface area contributed by atoms with Crippen LogP contribution in [0.5, 0.6) is 0 Å². The number of halogens is 3. The molecule has 0 fully saturated rings. The molecule has 0 bridgehead atoms. The van der Waals surface area contributed by atoms with E-state index in [4.69, 9.17) is 4.74 Å². The summed E-state index contributed by atoms with van der Waals surface area (Å²) in [5.74, 6) is 0.444. The number of aromatic nitrogens is 5. The van der Waals surface area contributed by atoms with Crippen molar-refractivity contribution in [3.8, 4) is 5.69 Å². The molecule has 5 rings (SSSR count). The fraction of sp³-hybridized carbons (Fsp3) is 0.280. The number of alkyl halides is 3. The average Bonchev–Trinajstić information content (AvgIpc) is 3.14. The Morgan fingerprint density at radius 3 is 2.43 bits per heavy atom. The fourth-order valence-electron chi connectivity index (χ4n) is 4.23. The Labute approximate surface area is 197 Å². The van der Waals surface area contributed by atoms with Crippen molar-refractivity contribution in [2.24, 2.45) is 0 Å². The Morgan fingerprint density at radius 2 is 1.71 bits per heavy atom. The third kappa shape index (κ3) is 4.03. The highest BCUT2D eigenvalue weighted by Gasteiger charge is 2.31. The Hall–Kier alpha value is -3.79. The van der Waals surface area contributed by atoms with Gasteiger partial charge in [0, 0.05) is 25.4 Å². The number of hydrogen-bond donors (Lipinski definition) is 0. The predicted octanol–water partition coefficient (Wildman–Crippen LogP) is 5.04. The van der Waals surface area contributed by atoms with Gasteiger partial charge >= 0.3 is 6.18 Å². The van der Waals surface area contributed by atoms with Gasteiger partial charge in [0.1, 0.15) is 16.7 Å². The van der Waals surface area contributed by atoms with Crippen molar-refractivity contribution in [1.82, 2.24) is 24.1 Å². The smallest absolute Gasteiger partial charge is 0.382 e. The molecule has 10 heteroatoms. The Balaban J connectivity index is 1.84. The second-order valence-corrected chi connectivity index (χ2v) is 8.13. The van der Waals surface area contributed by atoms with Crippen LogP contribution in [0.2, 0.25) is 0 Å². The highest BCUT2D eigenvalue weighted by Crippen LogP contribution is 2.33. The molecule has 0 spiro atoms. The summed E-state index contributed by atoms with van der Waals surface area (Å²) in [6, 6.07) is 12.0. The molecule has 0 saturated carbocycles. The lowest BCUT2D eigenvalue weighted by Crippen LogP contribution is -2.24. The van der Waals surface area contributed by atoms with E-state index < -0.39 is 11.7 Å². The van der Waals surface area contributed by atoms with Crippen LogP contribution in [0.1, 0.15) is 24.7 Å². The van der Waals surface area contributed by atoms with Crippen molar-refractivity contribution in [1.29, 1.82) is 0 Å². The molecular formula is C25H22F3N5O2. The van der Waals surface area contributed by atoms with Gasteiger partial charge in [-0.15, -0.1) is 0 Å². The third-order valence-electron chi connectivity index (χ3n) is 5.86. The number of hydrogen-bond acceptors (Lipinski definition) is 5. The second-order valence-electron chi connectivity index (χ2n) is 8.13. The lowest BCUT2D eigenvalue weighted by atomic mass is 10.2. The average molecular weight is 481 g/mol. The first-order valence-electron chi connectivity index (χ1n) is 11.2. The van der Waals surface area contributed by atoms with Crippen LogP contribution < -0.4 is 5.56 Å². The van der Waals surface area contributed by atoms with E-state index in [1.165, 1.54) is 16.7 Å². The van der Waals surface area contributed by atoms with Gasteiger partial charge in [0.2, 0.25) is 0 Å². The molecule has 3 aromatic heterocycles. The van der Waals surface area contributed by atoms with Crippen LogP contribution in [0.15, 0.2) is 53.3 Å². The Bertz CT molecular complexity index is 1620. The summed E-state index contributed by atoms with van der Waals surface area (Å²) in [7, 11) is 0. The van der Waals surface area contributed by atoms with Crippen molar-refractivity contribution in [3.05, 3.63) is 70.3 Å². The molecule has 0 saturated heterocycles. The Morgan fingerprint density at radius 1 is 0.971 bits per heavy atom. The van der Waals surface area contributed by atoms with Crippen molar-refractivity contribution in [2.45, 2.75) is 33.0 Å². The van der Waals surface area contributed by atoms with Crippen LogP contribution in [-0.4, -0.2) is 37.3 Å². The molecule has 5 aromatic rings. The van der Waals surface area contributed by atoms with Crippen LogP contribution in [0.3, 0.4) is 0 Å². The maximum absolute atomic E-state index is 13.7. The molecule has 2 aromatic carbocycles. The van der Waals surface area contributed by atoms with Crippen LogP contribution in [0.25, 0.3) is 38.9 Å².